The summed E-state index contributed by atoms with van der Waals surface area (Å²) in [4.78, 5) is 2.15. The summed E-state index contributed by atoms with van der Waals surface area (Å²) in [7, 11) is 2.06. The van der Waals surface area contributed by atoms with Crippen molar-refractivity contribution in [2.75, 3.05) is 11.9 Å². The number of aromatic nitrogens is 3. The van der Waals surface area contributed by atoms with E-state index in [9.17, 15) is 0 Å². The van der Waals surface area contributed by atoms with Gasteiger partial charge in [-0.15, -0.1) is 10.2 Å². The highest BCUT2D eigenvalue weighted by molar-refractivity contribution is 9.10. The summed E-state index contributed by atoms with van der Waals surface area (Å²) in [6.07, 6.45) is 0. The second-order valence-electron chi connectivity index (χ2n) is 7.25. The SMILES string of the molecule is Cc1ccc(Cn2c(-c3cccc(Br)c3)nnc2N(C)Cc2ccccc2)cc1. The fourth-order valence-corrected chi connectivity index (χ4v) is 3.77. The number of hydrogen-bond donors (Lipinski definition) is 0. The number of halogens is 1. The van der Waals surface area contributed by atoms with Crippen LogP contribution in [0.4, 0.5) is 5.95 Å². The van der Waals surface area contributed by atoms with E-state index in [0.29, 0.717) is 6.54 Å². The quantitative estimate of drug-likeness (QED) is 0.380. The van der Waals surface area contributed by atoms with E-state index in [0.717, 1.165) is 28.4 Å². The standard InChI is InChI=1S/C24H23BrN4/c1-18-11-13-20(14-12-18)17-29-23(21-9-6-10-22(25)15-21)26-27-24(29)28(2)16-19-7-4-3-5-8-19/h3-15H,16-17H2,1-2H3. The van der Waals surface area contributed by atoms with Crippen LogP contribution >= 0.6 is 15.9 Å². The average Bonchev–Trinajstić information content (AvgIpc) is 3.14. The Bertz CT molecular complexity index is 1090. The maximum atomic E-state index is 4.56. The molecule has 0 aliphatic heterocycles. The summed E-state index contributed by atoms with van der Waals surface area (Å²) < 4.78 is 3.22. The Balaban J connectivity index is 1.73. The zero-order valence-electron chi connectivity index (χ0n) is 16.6. The molecule has 0 fully saturated rings. The Morgan fingerprint density at radius 1 is 0.862 bits per heavy atom. The molecule has 1 aromatic heterocycles. The van der Waals surface area contributed by atoms with Crippen LogP contribution in [0.25, 0.3) is 11.4 Å². The molecule has 0 radical (unpaired) electrons. The van der Waals surface area contributed by atoms with Crippen LogP contribution in [0.1, 0.15) is 16.7 Å². The highest BCUT2D eigenvalue weighted by Crippen LogP contribution is 2.26. The number of anilines is 1. The lowest BCUT2D eigenvalue weighted by Crippen LogP contribution is -2.21. The van der Waals surface area contributed by atoms with Crippen molar-refractivity contribution in [3.05, 3.63) is 100 Å². The van der Waals surface area contributed by atoms with E-state index in [-0.39, 0.29) is 0 Å². The smallest absolute Gasteiger partial charge is 0.227 e. The second-order valence-corrected chi connectivity index (χ2v) is 8.16. The van der Waals surface area contributed by atoms with Gasteiger partial charge in [0.15, 0.2) is 5.82 Å². The van der Waals surface area contributed by atoms with E-state index in [4.69, 9.17) is 0 Å². The highest BCUT2D eigenvalue weighted by Gasteiger charge is 2.18. The van der Waals surface area contributed by atoms with Crippen molar-refractivity contribution in [1.82, 2.24) is 14.8 Å². The van der Waals surface area contributed by atoms with Gasteiger partial charge in [0, 0.05) is 23.6 Å². The molecule has 29 heavy (non-hydrogen) atoms. The molecule has 0 saturated carbocycles. The minimum absolute atomic E-state index is 0.712. The summed E-state index contributed by atoms with van der Waals surface area (Å²) in [5, 5.41) is 9.11. The number of hydrogen-bond acceptors (Lipinski definition) is 3. The molecule has 1 heterocycles. The Morgan fingerprint density at radius 3 is 2.34 bits per heavy atom. The number of rotatable bonds is 6. The van der Waals surface area contributed by atoms with Crippen LogP contribution in [0.5, 0.6) is 0 Å². The molecule has 3 aromatic carbocycles. The maximum Gasteiger partial charge on any atom is 0.227 e. The molecular weight excluding hydrogens is 424 g/mol. The minimum Gasteiger partial charge on any atom is -0.340 e. The van der Waals surface area contributed by atoms with Crippen molar-refractivity contribution in [2.45, 2.75) is 20.0 Å². The van der Waals surface area contributed by atoms with E-state index in [1.807, 2.05) is 18.2 Å². The first-order valence-electron chi connectivity index (χ1n) is 9.60. The lowest BCUT2D eigenvalue weighted by molar-refractivity contribution is 0.754. The molecule has 0 atom stereocenters. The van der Waals surface area contributed by atoms with Crippen LogP contribution < -0.4 is 4.90 Å². The molecule has 4 nitrogen and oxygen atoms in total. The third-order valence-corrected chi connectivity index (χ3v) is 5.37. The predicted molar refractivity (Wildman–Crippen MR) is 122 cm³/mol. The van der Waals surface area contributed by atoms with Gasteiger partial charge in [-0.25, -0.2) is 0 Å². The van der Waals surface area contributed by atoms with E-state index < -0.39 is 0 Å². The molecule has 0 amide bonds. The van der Waals surface area contributed by atoms with Crippen molar-refractivity contribution in [3.63, 3.8) is 0 Å². The van der Waals surface area contributed by atoms with Crippen molar-refractivity contribution in [3.8, 4) is 11.4 Å². The number of nitrogens with zero attached hydrogens (tertiary/aromatic N) is 4. The van der Waals surface area contributed by atoms with Gasteiger partial charge in [0.2, 0.25) is 5.95 Å². The first-order chi connectivity index (χ1) is 14.1. The summed E-state index contributed by atoms with van der Waals surface area (Å²) in [6, 6.07) is 27.2. The van der Waals surface area contributed by atoms with Gasteiger partial charge in [0.05, 0.1) is 6.54 Å². The van der Waals surface area contributed by atoms with Crippen LogP contribution in [-0.2, 0) is 13.1 Å². The molecule has 146 valence electrons. The van der Waals surface area contributed by atoms with Gasteiger partial charge in [-0.05, 0) is 30.2 Å². The normalized spacial score (nSPS) is 10.9. The van der Waals surface area contributed by atoms with E-state index in [1.165, 1.54) is 16.7 Å². The Hall–Kier alpha value is -2.92. The van der Waals surface area contributed by atoms with Crippen LogP contribution in [0.2, 0.25) is 0 Å². The first kappa shape index (κ1) is 19.4. The van der Waals surface area contributed by atoms with Crippen molar-refractivity contribution < 1.29 is 0 Å². The monoisotopic (exact) mass is 446 g/mol. The van der Waals surface area contributed by atoms with Crippen LogP contribution in [0.3, 0.4) is 0 Å². The van der Waals surface area contributed by atoms with E-state index in [1.54, 1.807) is 0 Å². The topological polar surface area (TPSA) is 34.0 Å². The molecule has 0 aliphatic rings. The largest absolute Gasteiger partial charge is 0.340 e. The summed E-state index contributed by atoms with van der Waals surface area (Å²) >= 11 is 3.57. The fraction of sp³-hybridized carbons (Fsp3) is 0.167. The molecule has 0 unspecified atom stereocenters. The first-order valence-corrected chi connectivity index (χ1v) is 10.4. The van der Waals surface area contributed by atoms with Gasteiger partial charge in [0.1, 0.15) is 0 Å². The van der Waals surface area contributed by atoms with Gasteiger partial charge in [0.25, 0.3) is 0 Å². The van der Waals surface area contributed by atoms with Crippen LogP contribution in [0, 0.1) is 6.92 Å². The van der Waals surface area contributed by atoms with Gasteiger partial charge in [-0.1, -0.05) is 88.2 Å². The molecule has 0 aliphatic carbocycles. The van der Waals surface area contributed by atoms with Crippen molar-refractivity contribution in [1.29, 1.82) is 0 Å². The van der Waals surface area contributed by atoms with Crippen molar-refractivity contribution in [2.24, 2.45) is 0 Å². The van der Waals surface area contributed by atoms with E-state index in [2.05, 4.69) is 110 Å². The van der Waals surface area contributed by atoms with Gasteiger partial charge < -0.3 is 4.90 Å². The Kier molecular flexibility index (Phi) is 5.76. The van der Waals surface area contributed by atoms with Gasteiger partial charge in [-0.2, -0.15) is 0 Å². The lowest BCUT2D eigenvalue weighted by Gasteiger charge is -2.20. The Labute approximate surface area is 180 Å². The maximum absolute atomic E-state index is 4.56. The average molecular weight is 447 g/mol. The van der Waals surface area contributed by atoms with Crippen molar-refractivity contribution >= 4 is 21.9 Å². The van der Waals surface area contributed by atoms with Crippen LogP contribution in [0.15, 0.2) is 83.3 Å². The minimum atomic E-state index is 0.712. The van der Waals surface area contributed by atoms with Gasteiger partial charge >= 0.3 is 0 Å². The molecular formula is C24H23BrN4. The third-order valence-electron chi connectivity index (χ3n) is 4.88. The molecule has 0 N–H and O–H groups in total. The van der Waals surface area contributed by atoms with Gasteiger partial charge in [-0.3, -0.25) is 4.57 Å². The van der Waals surface area contributed by atoms with E-state index >= 15 is 0 Å². The number of benzene rings is 3. The fourth-order valence-electron chi connectivity index (χ4n) is 3.37. The summed E-state index contributed by atoms with van der Waals surface area (Å²) in [6.45, 7) is 3.59. The van der Waals surface area contributed by atoms with Crippen LogP contribution in [-0.4, -0.2) is 21.8 Å². The molecule has 0 bridgehead atoms. The molecule has 0 spiro atoms. The predicted octanol–water partition coefficient (Wildman–Crippen LogP) is 5.70. The zero-order valence-corrected chi connectivity index (χ0v) is 18.2. The molecule has 0 saturated heterocycles. The second kappa shape index (κ2) is 8.62. The highest BCUT2D eigenvalue weighted by atomic mass is 79.9. The third kappa shape index (κ3) is 4.57. The lowest BCUT2D eigenvalue weighted by atomic mass is 10.1. The molecule has 5 heteroatoms. The molecule has 4 aromatic rings. The number of aryl methyl sites for hydroxylation is 1. The summed E-state index contributed by atoms with van der Waals surface area (Å²) in [5.74, 6) is 1.71. The molecule has 4 rings (SSSR count). The Morgan fingerprint density at radius 2 is 1.62 bits per heavy atom. The zero-order chi connectivity index (χ0) is 20.2. The summed E-state index contributed by atoms with van der Waals surface area (Å²) in [5.41, 5.74) is 4.76.